The normalized spacial score (nSPS) is 12.9. The van der Waals surface area contributed by atoms with Gasteiger partial charge in [-0.1, -0.05) is 0 Å². The summed E-state index contributed by atoms with van der Waals surface area (Å²) in [6, 6.07) is 7.15. The summed E-state index contributed by atoms with van der Waals surface area (Å²) in [6.45, 7) is 0.00563. The fourth-order valence-electron chi connectivity index (χ4n) is 2.46. The van der Waals surface area contributed by atoms with Crippen LogP contribution in [0.2, 0.25) is 0 Å². The lowest BCUT2D eigenvalue weighted by Crippen LogP contribution is -2.25. The minimum Gasteiger partial charge on any atom is -0.482 e. The highest BCUT2D eigenvalue weighted by atomic mass is 79.9. The first-order valence-corrected chi connectivity index (χ1v) is 10.2. The van der Waals surface area contributed by atoms with Gasteiger partial charge in [0.2, 0.25) is 5.91 Å². The van der Waals surface area contributed by atoms with Gasteiger partial charge in [0, 0.05) is 20.9 Å². The van der Waals surface area contributed by atoms with Crippen LogP contribution in [-0.2, 0) is 16.0 Å². The Morgan fingerprint density at radius 2 is 2.19 bits per heavy atom. The van der Waals surface area contributed by atoms with Gasteiger partial charge < -0.3 is 15.4 Å². The van der Waals surface area contributed by atoms with Crippen LogP contribution in [0.1, 0.15) is 5.69 Å². The lowest BCUT2D eigenvalue weighted by Gasteiger charge is -2.18. The molecule has 132 valence electrons. The van der Waals surface area contributed by atoms with Crippen molar-refractivity contribution in [1.29, 1.82) is 0 Å². The molecule has 0 spiro atoms. The minimum atomic E-state index is -0.212. The molecule has 0 radical (unpaired) electrons. The van der Waals surface area contributed by atoms with Crippen molar-refractivity contribution in [1.82, 2.24) is 4.98 Å². The number of ether oxygens (including phenoxy) is 1. The van der Waals surface area contributed by atoms with E-state index in [1.807, 2.05) is 16.8 Å². The molecule has 2 amide bonds. The predicted octanol–water partition coefficient (Wildman–Crippen LogP) is 4.15. The van der Waals surface area contributed by atoms with E-state index in [-0.39, 0.29) is 24.8 Å². The number of fused-ring (bicyclic) bond motifs is 1. The maximum absolute atomic E-state index is 12.3. The monoisotopic (exact) mass is 449 g/mol. The van der Waals surface area contributed by atoms with Crippen LogP contribution in [0.15, 0.2) is 39.5 Å². The molecule has 0 saturated carbocycles. The quantitative estimate of drug-likeness (QED) is 0.626. The molecule has 3 aromatic rings. The van der Waals surface area contributed by atoms with Crippen LogP contribution in [0, 0.1) is 0 Å². The number of nitrogens with one attached hydrogen (secondary N) is 2. The molecule has 4 rings (SSSR count). The van der Waals surface area contributed by atoms with E-state index in [1.165, 1.54) is 11.3 Å². The van der Waals surface area contributed by atoms with Crippen molar-refractivity contribution in [2.24, 2.45) is 0 Å². The lowest BCUT2D eigenvalue weighted by atomic mass is 10.2. The van der Waals surface area contributed by atoms with Gasteiger partial charge in [0.25, 0.3) is 5.91 Å². The number of carbonyl (C=O) groups is 2. The smallest absolute Gasteiger partial charge is 0.262 e. The number of rotatable bonds is 4. The summed E-state index contributed by atoms with van der Waals surface area (Å²) in [4.78, 5) is 29.3. The Labute approximate surface area is 165 Å². The summed E-state index contributed by atoms with van der Waals surface area (Å²) in [5.41, 5.74) is 1.87. The van der Waals surface area contributed by atoms with Crippen LogP contribution in [0.4, 0.5) is 11.4 Å². The summed E-state index contributed by atoms with van der Waals surface area (Å²) in [5, 5.41) is 10.3. The number of thiazole rings is 1. The van der Waals surface area contributed by atoms with Crippen molar-refractivity contribution >= 4 is 61.8 Å². The van der Waals surface area contributed by atoms with E-state index >= 15 is 0 Å². The van der Waals surface area contributed by atoms with Crippen molar-refractivity contribution in [3.8, 4) is 15.6 Å². The third-order valence-electron chi connectivity index (χ3n) is 3.57. The Kier molecular flexibility index (Phi) is 4.75. The van der Waals surface area contributed by atoms with Gasteiger partial charge in [-0.25, -0.2) is 4.98 Å². The molecule has 0 bridgehead atoms. The number of carbonyl (C=O) groups excluding carboxylic acids is 2. The summed E-state index contributed by atoms with van der Waals surface area (Å²) in [5.74, 6) is 0.210. The zero-order valence-corrected chi connectivity index (χ0v) is 16.5. The topological polar surface area (TPSA) is 80.3 Å². The molecule has 0 fully saturated rings. The molecular weight excluding hydrogens is 438 g/mol. The highest BCUT2D eigenvalue weighted by Crippen LogP contribution is 2.32. The summed E-state index contributed by atoms with van der Waals surface area (Å²) < 4.78 is 6.33. The van der Waals surface area contributed by atoms with Crippen molar-refractivity contribution in [2.45, 2.75) is 6.42 Å². The fraction of sp³-hybridized carbons (Fsp3) is 0.118. The van der Waals surface area contributed by atoms with E-state index in [0.717, 1.165) is 20.1 Å². The van der Waals surface area contributed by atoms with E-state index < -0.39 is 0 Å². The fourth-order valence-corrected chi connectivity index (χ4v) is 4.78. The zero-order valence-electron chi connectivity index (χ0n) is 13.2. The number of hydrogen-bond acceptors (Lipinski definition) is 6. The molecule has 3 heterocycles. The first-order valence-electron chi connectivity index (χ1n) is 7.62. The first-order chi connectivity index (χ1) is 12.6. The summed E-state index contributed by atoms with van der Waals surface area (Å²) in [6.07, 6.45) is 0.184. The predicted molar refractivity (Wildman–Crippen MR) is 106 cm³/mol. The number of amides is 2. The molecule has 26 heavy (non-hydrogen) atoms. The van der Waals surface area contributed by atoms with Crippen molar-refractivity contribution < 1.29 is 14.3 Å². The molecule has 0 saturated heterocycles. The molecular formula is C17H12BrN3O3S2. The molecule has 2 N–H and O–H groups in total. The number of hydrogen-bond donors (Lipinski definition) is 2. The average Bonchev–Trinajstić information content (AvgIpc) is 3.23. The van der Waals surface area contributed by atoms with Crippen LogP contribution in [0.25, 0.3) is 9.88 Å². The van der Waals surface area contributed by atoms with Gasteiger partial charge in [0.15, 0.2) is 6.61 Å². The number of benzene rings is 1. The Bertz CT molecular complexity index is 999. The number of thiophene rings is 1. The van der Waals surface area contributed by atoms with Crippen LogP contribution in [-0.4, -0.2) is 23.4 Å². The van der Waals surface area contributed by atoms with Crippen LogP contribution < -0.4 is 15.4 Å². The van der Waals surface area contributed by atoms with Gasteiger partial charge in [-0.2, -0.15) is 0 Å². The number of halogens is 1. The van der Waals surface area contributed by atoms with Crippen molar-refractivity contribution in [3.05, 3.63) is 45.2 Å². The Balaban J connectivity index is 1.42. The third-order valence-corrected chi connectivity index (χ3v) is 6.32. The Morgan fingerprint density at radius 3 is 3.00 bits per heavy atom. The second-order valence-corrected chi connectivity index (χ2v) is 8.23. The first kappa shape index (κ1) is 17.2. The van der Waals surface area contributed by atoms with Crippen LogP contribution in [0.5, 0.6) is 5.75 Å². The Hall–Kier alpha value is -2.23. The van der Waals surface area contributed by atoms with E-state index in [9.17, 15) is 9.59 Å². The lowest BCUT2D eigenvalue weighted by molar-refractivity contribution is -0.118. The molecule has 2 aromatic heterocycles. The van der Waals surface area contributed by atoms with Gasteiger partial charge in [-0.05, 0) is 40.2 Å². The molecule has 0 atom stereocenters. The highest BCUT2D eigenvalue weighted by molar-refractivity contribution is 9.10. The summed E-state index contributed by atoms with van der Waals surface area (Å²) >= 11 is 6.55. The maximum atomic E-state index is 12.3. The molecule has 0 aliphatic carbocycles. The van der Waals surface area contributed by atoms with Gasteiger partial charge in [-0.15, -0.1) is 22.7 Å². The van der Waals surface area contributed by atoms with E-state index in [0.29, 0.717) is 17.1 Å². The molecule has 6 nitrogen and oxygen atoms in total. The van der Waals surface area contributed by atoms with Crippen LogP contribution >= 0.6 is 38.6 Å². The van der Waals surface area contributed by atoms with Gasteiger partial charge in [0.1, 0.15) is 10.8 Å². The molecule has 1 aliphatic rings. The number of aromatic nitrogens is 1. The van der Waals surface area contributed by atoms with E-state index in [4.69, 9.17) is 4.74 Å². The van der Waals surface area contributed by atoms with Gasteiger partial charge in [-0.3, -0.25) is 9.59 Å². The van der Waals surface area contributed by atoms with Gasteiger partial charge in [0.05, 0.1) is 22.7 Å². The molecule has 1 aliphatic heterocycles. The van der Waals surface area contributed by atoms with E-state index in [2.05, 4.69) is 31.5 Å². The maximum Gasteiger partial charge on any atom is 0.262 e. The second kappa shape index (κ2) is 7.18. The zero-order chi connectivity index (χ0) is 18.1. The van der Waals surface area contributed by atoms with Crippen molar-refractivity contribution in [2.75, 3.05) is 17.2 Å². The number of anilines is 2. The SMILES string of the molecule is O=C(Cc1csc(-c2cc(Br)cs2)n1)Nc1ccc2c(c1)NC(=O)CO2. The largest absolute Gasteiger partial charge is 0.482 e. The van der Waals surface area contributed by atoms with Crippen LogP contribution in [0.3, 0.4) is 0 Å². The Morgan fingerprint density at radius 1 is 1.31 bits per heavy atom. The molecule has 0 unspecified atom stereocenters. The number of nitrogens with zero attached hydrogens (tertiary/aromatic N) is 1. The third kappa shape index (κ3) is 3.79. The average molecular weight is 450 g/mol. The minimum absolute atomic E-state index is 0.00563. The van der Waals surface area contributed by atoms with Crippen molar-refractivity contribution in [3.63, 3.8) is 0 Å². The molecule has 9 heteroatoms. The highest BCUT2D eigenvalue weighted by Gasteiger charge is 2.17. The standard InChI is InChI=1S/C17H12BrN3O3S2/c18-9-3-14(25-7-9)17-20-11(8-26-17)5-15(22)19-10-1-2-13-12(4-10)21-16(23)6-24-13/h1-4,7-8H,5-6H2,(H,19,22)(H,21,23). The van der Waals surface area contributed by atoms with E-state index in [1.54, 1.807) is 29.5 Å². The summed E-state index contributed by atoms with van der Waals surface area (Å²) in [7, 11) is 0. The molecule has 1 aromatic carbocycles. The second-order valence-electron chi connectivity index (χ2n) is 5.55. The van der Waals surface area contributed by atoms with Gasteiger partial charge >= 0.3 is 0 Å².